The van der Waals surface area contributed by atoms with Crippen LogP contribution in [0, 0.1) is 6.92 Å². The van der Waals surface area contributed by atoms with Gasteiger partial charge in [-0.25, -0.2) is 9.97 Å². The first-order chi connectivity index (χ1) is 11.1. The maximum Gasteiger partial charge on any atom is 0.271 e. The molecule has 0 atom stereocenters. The summed E-state index contributed by atoms with van der Waals surface area (Å²) in [6, 6.07) is 5.96. The van der Waals surface area contributed by atoms with Crippen LogP contribution >= 0.6 is 15.9 Å². The van der Waals surface area contributed by atoms with Gasteiger partial charge in [-0.15, -0.1) is 0 Å². The molecule has 0 bridgehead atoms. The Hall–Kier alpha value is -1.95. The van der Waals surface area contributed by atoms with E-state index < -0.39 is 0 Å². The predicted molar refractivity (Wildman–Crippen MR) is 96.1 cm³/mol. The van der Waals surface area contributed by atoms with Crippen LogP contribution < -0.4 is 10.6 Å². The zero-order valence-electron chi connectivity index (χ0n) is 13.4. The Morgan fingerprint density at radius 2 is 2.04 bits per heavy atom. The van der Waals surface area contributed by atoms with Gasteiger partial charge in [0.2, 0.25) is 0 Å². The molecule has 0 aliphatic carbocycles. The molecule has 1 aromatic carbocycles. The molecule has 0 spiro atoms. The number of nitrogens with one attached hydrogen (secondary N) is 2. The number of aromatic nitrogens is 2. The summed E-state index contributed by atoms with van der Waals surface area (Å²) < 4.78 is 1.03. The number of amides is 1. The molecule has 0 saturated heterocycles. The molecule has 0 saturated carbocycles. The monoisotopic (exact) mass is 376 g/mol. The molecule has 122 valence electrons. The Kier molecular flexibility index (Phi) is 6.52. The van der Waals surface area contributed by atoms with Crippen molar-refractivity contribution in [2.45, 2.75) is 33.1 Å². The maximum atomic E-state index is 11.9. The topological polar surface area (TPSA) is 66.9 Å². The van der Waals surface area contributed by atoms with E-state index in [1.165, 1.54) is 6.20 Å². The first-order valence-corrected chi connectivity index (χ1v) is 8.53. The minimum atomic E-state index is -0.182. The van der Waals surface area contributed by atoms with Crippen molar-refractivity contribution in [3.63, 3.8) is 0 Å². The fourth-order valence-corrected chi connectivity index (χ4v) is 2.37. The van der Waals surface area contributed by atoms with Crippen molar-refractivity contribution in [1.82, 2.24) is 15.3 Å². The standard InChI is InChI=1S/C17H21BrN4O/c1-3-4-5-8-19-17(23)15-10-21-16(11-20-15)22-13-7-6-12(2)14(18)9-13/h6-7,9-11H,3-5,8H2,1-2H3,(H,19,23)(H,21,22). The van der Waals surface area contributed by atoms with Crippen LogP contribution in [0.4, 0.5) is 11.5 Å². The molecule has 5 nitrogen and oxygen atoms in total. The van der Waals surface area contributed by atoms with E-state index in [-0.39, 0.29) is 5.91 Å². The lowest BCUT2D eigenvalue weighted by molar-refractivity contribution is 0.0947. The number of hydrogen-bond acceptors (Lipinski definition) is 4. The van der Waals surface area contributed by atoms with E-state index in [0.717, 1.165) is 35.0 Å². The Balaban J connectivity index is 1.93. The minimum absolute atomic E-state index is 0.182. The maximum absolute atomic E-state index is 11.9. The van der Waals surface area contributed by atoms with Gasteiger partial charge < -0.3 is 10.6 Å². The normalized spacial score (nSPS) is 10.4. The quantitative estimate of drug-likeness (QED) is 0.710. The number of carbonyl (C=O) groups is 1. The van der Waals surface area contributed by atoms with Gasteiger partial charge in [0.15, 0.2) is 0 Å². The number of benzene rings is 1. The number of carbonyl (C=O) groups excluding carboxylic acids is 1. The van der Waals surface area contributed by atoms with E-state index in [4.69, 9.17) is 0 Å². The van der Waals surface area contributed by atoms with Gasteiger partial charge in [0.1, 0.15) is 11.5 Å². The van der Waals surface area contributed by atoms with Crippen molar-refractivity contribution in [3.8, 4) is 0 Å². The summed E-state index contributed by atoms with van der Waals surface area (Å²) in [6.45, 7) is 4.83. The van der Waals surface area contributed by atoms with Gasteiger partial charge >= 0.3 is 0 Å². The van der Waals surface area contributed by atoms with Crippen LogP contribution in [0.25, 0.3) is 0 Å². The highest BCUT2D eigenvalue weighted by Crippen LogP contribution is 2.22. The van der Waals surface area contributed by atoms with E-state index in [1.54, 1.807) is 6.20 Å². The summed E-state index contributed by atoms with van der Waals surface area (Å²) in [5.41, 5.74) is 2.41. The molecule has 6 heteroatoms. The van der Waals surface area contributed by atoms with E-state index in [0.29, 0.717) is 18.1 Å². The summed E-state index contributed by atoms with van der Waals surface area (Å²) >= 11 is 3.50. The van der Waals surface area contributed by atoms with Crippen LogP contribution in [0.15, 0.2) is 35.1 Å². The predicted octanol–water partition coefficient (Wildman–Crippen LogP) is 4.21. The van der Waals surface area contributed by atoms with Crippen molar-refractivity contribution < 1.29 is 4.79 Å². The van der Waals surface area contributed by atoms with Gasteiger partial charge in [0, 0.05) is 16.7 Å². The van der Waals surface area contributed by atoms with E-state index in [1.807, 2.05) is 25.1 Å². The van der Waals surface area contributed by atoms with Gasteiger partial charge in [-0.3, -0.25) is 4.79 Å². The molecule has 1 amide bonds. The first kappa shape index (κ1) is 17.4. The second kappa shape index (κ2) is 8.62. The largest absolute Gasteiger partial charge is 0.351 e. The molecule has 0 fully saturated rings. The third-order valence-corrected chi connectivity index (χ3v) is 4.25. The molecular weight excluding hydrogens is 356 g/mol. The third kappa shape index (κ3) is 5.32. The molecule has 1 aromatic heterocycles. The Morgan fingerprint density at radius 3 is 2.70 bits per heavy atom. The zero-order chi connectivity index (χ0) is 16.7. The van der Waals surface area contributed by atoms with Crippen molar-refractivity contribution in [2.75, 3.05) is 11.9 Å². The molecule has 0 radical (unpaired) electrons. The van der Waals surface area contributed by atoms with Crippen molar-refractivity contribution in [1.29, 1.82) is 0 Å². The van der Waals surface area contributed by atoms with Gasteiger partial charge in [0.25, 0.3) is 5.91 Å². The number of rotatable bonds is 7. The number of halogens is 1. The molecule has 2 N–H and O–H groups in total. The second-order valence-electron chi connectivity index (χ2n) is 5.34. The summed E-state index contributed by atoms with van der Waals surface area (Å²) in [5.74, 6) is 0.418. The second-order valence-corrected chi connectivity index (χ2v) is 6.19. The highest BCUT2D eigenvalue weighted by Gasteiger charge is 2.07. The van der Waals surface area contributed by atoms with Crippen LogP contribution in [0.1, 0.15) is 42.2 Å². The van der Waals surface area contributed by atoms with Gasteiger partial charge in [-0.1, -0.05) is 41.8 Å². The van der Waals surface area contributed by atoms with E-state index >= 15 is 0 Å². The number of hydrogen-bond donors (Lipinski definition) is 2. The lowest BCUT2D eigenvalue weighted by atomic mass is 10.2. The highest BCUT2D eigenvalue weighted by atomic mass is 79.9. The molecule has 23 heavy (non-hydrogen) atoms. The molecule has 1 heterocycles. The van der Waals surface area contributed by atoms with Gasteiger partial charge in [0.05, 0.1) is 12.4 Å². The highest BCUT2D eigenvalue weighted by molar-refractivity contribution is 9.10. The molecule has 0 unspecified atom stereocenters. The van der Waals surface area contributed by atoms with Crippen molar-refractivity contribution >= 4 is 33.3 Å². The van der Waals surface area contributed by atoms with Crippen LogP contribution in [0.5, 0.6) is 0 Å². The number of nitrogens with zero attached hydrogens (tertiary/aromatic N) is 2. The zero-order valence-corrected chi connectivity index (χ0v) is 15.0. The van der Waals surface area contributed by atoms with Crippen LogP contribution in [0.3, 0.4) is 0 Å². The molecular formula is C17H21BrN4O. The van der Waals surface area contributed by atoms with Crippen molar-refractivity contribution in [3.05, 3.63) is 46.3 Å². The van der Waals surface area contributed by atoms with Gasteiger partial charge in [-0.05, 0) is 31.0 Å². The third-order valence-electron chi connectivity index (χ3n) is 3.39. The first-order valence-electron chi connectivity index (χ1n) is 7.73. The van der Waals surface area contributed by atoms with Crippen molar-refractivity contribution in [2.24, 2.45) is 0 Å². The van der Waals surface area contributed by atoms with Crippen LogP contribution in [0.2, 0.25) is 0 Å². The lowest BCUT2D eigenvalue weighted by Crippen LogP contribution is -2.25. The SMILES string of the molecule is CCCCCNC(=O)c1cnc(Nc2ccc(C)c(Br)c2)cn1. The lowest BCUT2D eigenvalue weighted by Gasteiger charge is -2.08. The summed E-state index contributed by atoms with van der Waals surface area (Å²) in [6.07, 6.45) is 6.28. The Morgan fingerprint density at radius 1 is 1.22 bits per heavy atom. The Labute approximate surface area is 145 Å². The number of anilines is 2. The molecule has 2 aromatic rings. The number of aryl methyl sites for hydroxylation is 1. The molecule has 2 rings (SSSR count). The molecule has 0 aliphatic rings. The summed E-state index contributed by atoms with van der Waals surface area (Å²) in [5, 5.41) is 6.01. The average molecular weight is 377 g/mol. The minimum Gasteiger partial charge on any atom is -0.351 e. The van der Waals surface area contributed by atoms with Gasteiger partial charge in [-0.2, -0.15) is 0 Å². The summed E-state index contributed by atoms with van der Waals surface area (Å²) in [4.78, 5) is 20.3. The summed E-state index contributed by atoms with van der Waals surface area (Å²) in [7, 11) is 0. The van der Waals surface area contributed by atoms with Crippen LogP contribution in [-0.2, 0) is 0 Å². The Bertz CT molecular complexity index is 658. The van der Waals surface area contributed by atoms with E-state index in [9.17, 15) is 4.79 Å². The number of unbranched alkanes of at least 4 members (excludes halogenated alkanes) is 2. The fraction of sp³-hybridized carbons (Fsp3) is 0.353. The van der Waals surface area contributed by atoms with Crippen LogP contribution in [-0.4, -0.2) is 22.4 Å². The smallest absolute Gasteiger partial charge is 0.271 e. The van der Waals surface area contributed by atoms with E-state index in [2.05, 4.69) is 43.5 Å². The molecule has 0 aliphatic heterocycles. The fourth-order valence-electron chi connectivity index (χ4n) is 2.00. The average Bonchev–Trinajstić information content (AvgIpc) is 2.55.